The molecule has 0 bridgehead atoms. The number of hydrogen-bond acceptors (Lipinski definition) is 6. The number of hydrogen-bond donors (Lipinski definition) is 1. The molecule has 0 aromatic carbocycles. The summed E-state index contributed by atoms with van der Waals surface area (Å²) in [6.45, 7) is 12.6. The van der Waals surface area contributed by atoms with Crippen LogP contribution in [0.3, 0.4) is 0 Å². The molecule has 0 aliphatic carbocycles. The van der Waals surface area contributed by atoms with Crippen molar-refractivity contribution in [2.45, 2.75) is 77.6 Å². The van der Waals surface area contributed by atoms with E-state index >= 15 is 4.39 Å². The predicted molar refractivity (Wildman–Crippen MR) is 140 cm³/mol. The first-order valence-electron chi connectivity index (χ1n) is 12.6. The number of pyridine rings is 2. The first-order chi connectivity index (χ1) is 16.8. The number of ether oxygens (including phenoxy) is 1. The molecule has 1 saturated heterocycles. The molecule has 1 amide bonds. The Kier molecular flexibility index (Phi) is 6.94. The van der Waals surface area contributed by atoms with Crippen LogP contribution in [0.4, 0.5) is 15.0 Å². The Hall–Kier alpha value is -3.23. The van der Waals surface area contributed by atoms with Crippen molar-refractivity contribution in [3.63, 3.8) is 0 Å². The van der Waals surface area contributed by atoms with E-state index in [-0.39, 0.29) is 18.5 Å². The van der Waals surface area contributed by atoms with E-state index in [1.165, 1.54) is 4.90 Å². The average Bonchev–Trinajstić information content (AvgIpc) is 3.29. The number of aromatic nitrogens is 4. The van der Waals surface area contributed by atoms with Crippen LogP contribution in [0, 0.1) is 0 Å². The number of halogens is 1. The summed E-state index contributed by atoms with van der Waals surface area (Å²) < 4.78 is 23.1. The molecule has 1 N–H and O–H groups in total. The van der Waals surface area contributed by atoms with E-state index in [9.17, 15) is 4.79 Å². The van der Waals surface area contributed by atoms with Crippen molar-refractivity contribution >= 4 is 22.8 Å². The van der Waals surface area contributed by atoms with Crippen LogP contribution in [0.15, 0.2) is 36.8 Å². The van der Waals surface area contributed by atoms with Gasteiger partial charge in [0.05, 0.1) is 29.5 Å². The first kappa shape index (κ1) is 25.9. The standard InChI is InChI=1S/C27H37FN6O2/c1-25(2,3)34-17-19(16-31-34)21-15-22-20(9-7-12-29-22)23(32-21)30-13-11-27(28)10-8-14-33(18-27)24(35)36-26(4,5)6/h7,9,12,15-17H,8,10-11,13-14,18H2,1-6H3,(H,30,32). The largest absolute Gasteiger partial charge is 0.444 e. The van der Waals surface area contributed by atoms with Crippen molar-refractivity contribution in [1.82, 2.24) is 24.6 Å². The lowest BCUT2D eigenvalue weighted by atomic mass is 9.91. The third-order valence-corrected chi connectivity index (χ3v) is 6.21. The minimum Gasteiger partial charge on any atom is -0.444 e. The van der Waals surface area contributed by atoms with Gasteiger partial charge in [-0.1, -0.05) is 0 Å². The van der Waals surface area contributed by atoms with Crippen molar-refractivity contribution < 1.29 is 13.9 Å². The van der Waals surface area contributed by atoms with E-state index in [1.54, 1.807) is 12.4 Å². The minimum atomic E-state index is -1.48. The number of alkyl halides is 1. The quantitative estimate of drug-likeness (QED) is 0.481. The van der Waals surface area contributed by atoms with Crippen molar-refractivity contribution in [3.05, 3.63) is 36.8 Å². The number of carbonyl (C=O) groups excluding carboxylic acids is 1. The lowest BCUT2D eigenvalue weighted by Crippen LogP contribution is -2.50. The first-order valence-corrected chi connectivity index (χ1v) is 12.6. The molecule has 8 nitrogen and oxygen atoms in total. The molecule has 0 spiro atoms. The molecule has 194 valence electrons. The van der Waals surface area contributed by atoms with Crippen molar-refractivity contribution in [1.29, 1.82) is 0 Å². The summed E-state index contributed by atoms with van der Waals surface area (Å²) in [6, 6.07) is 5.76. The molecule has 3 aromatic rings. The smallest absolute Gasteiger partial charge is 0.410 e. The highest BCUT2D eigenvalue weighted by molar-refractivity contribution is 5.91. The molecule has 3 aromatic heterocycles. The number of carbonyl (C=O) groups is 1. The number of anilines is 1. The highest BCUT2D eigenvalue weighted by atomic mass is 19.1. The summed E-state index contributed by atoms with van der Waals surface area (Å²) in [7, 11) is 0. The second-order valence-electron chi connectivity index (χ2n) is 11.6. The number of rotatable bonds is 5. The summed E-state index contributed by atoms with van der Waals surface area (Å²) in [4.78, 5) is 23.3. The fraction of sp³-hybridized carbons (Fsp3) is 0.556. The fourth-order valence-electron chi connectivity index (χ4n) is 4.36. The van der Waals surface area contributed by atoms with Crippen LogP contribution in [0.2, 0.25) is 0 Å². The SMILES string of the molecule is CC(C)(C)OC(=O)N1CCCC(F)(CCNc2nc(-c3cnn(C(C)(C)C)c3)cc3ncccc23)C1. The van der Waals surface area contributed by atoms with Gasteiger partial charge in [0.25, 0.3) is 0 Å². The molecule has 4 heterocycles. The van der Waals surface area contributed by atoms with Gasteiger partial charge in [-0.25, -0.2) is 14.2 Å². The summed E-state index contributed by atoms with van der Waals surface area (Å²) in [5, 5.41) is 8.70. The van der Waals surface area contributed by atoms with Crippen LogP contribution < -0.4 is 5.32 Å². The van der Waals surface area contributed by atoms with Gasteiger partial charge in [-0.15, -0.1) is 0 Å². The monoisotopic (exact) mass is 496 g/mol. The van der Waals surface area contributed by atoms with Crippen LogP contribution in [-0.2, 0) is 10.3 Å². The maximum absolute atomic E-state index is 15.8. The molecular formula is C27H37FN6O2. The summed E-state index contributed by atoms with van der Waals surface area (Å²) >= 11 is 0. The van der Waals surface area contributed by atoms with Crippen LogP contribution >= 0.6 is 0 Å². The van der Waals surface area contributed by atoms with Gasteiger partial charge in [0.2, 0.25) is 0 Å². The molecule has 36 heavy (non-hydrogen) atoms. The van der Waals surface area contributed by atoms with E-state index in [2.05, 4.69) is 36.2 Å². The van der Waals surface area contributed by atoms with Crippen LogP contribution in [0.1, 0.15) is 60.8 Å². The average molecular weight is 497 g/mol. The highest BCUT2D eigenvalue weighted by Crippen LogP contribution is 2.31. The summed E-state index contributed by atoms with van der Waals surface area (Å²) in [6.07, 6.45) is 6.34. The molecular weight excluding hydrogens is 459 g/mol. The number of nitrogens with zero attached hydrogens (tertiary/aromatic N) is 5. The molecule has 9 heteroatoms. The molecule has 4 rings (SSSR count). The molecule has 0 radical (unpaired) electrons. The maximum Gasteiger partial charge on any atom is 0.410 e. The molecule has 1 aliphatic rings. The zero-order valence-corrected chi connectivity index (χ0v) is 22.1. The van der Waals surface area contributed by atoms with Gasteiger partial charge < -0.3 is 15.0 Å². The second kappa shape index (κ2) is 9.67. The van der Waals surface area contributed by atoms with E-state index in [0.29, 0.717) is 31.7 Å². The summed E-state index contributed by atoms with van der Waals surface area (Å²) in [5.41, 5.74) is 0.214. The molecule has 1 atom stereocenters. The number of fused-ring (bicyclic) bond motifs is 1. The number of amides is 1. The highest BCUT2D eigenvalue weighted by Gasteiger charge is 2.38. The lowest BCUT2D eigenvalue weighted by Gasteiger charge is -2.38. The Morgan fingerprint density at radius 1 is 1.25 bits per heavy atom. The Bertz CT molecular complexity index is 1230. The van der Waals surface area contributed by atoms with Gasteiger partial charge in [0, 0.05) is 42.9 Å². The van der Waals surface area contributed by atoms with Crippen LogP contribution in [0.5, 0.6) is 0 Å². The molecule has 0 saturated carbocycles. The van der Waals surface area contributed by atoms with Gasteiger partial charge in [0.1, 0.15) is 17.1 Å². The topological polar surface area (TPSA) is 85.2 Å². The zero-order chi connectivity index (χ0) is 26.1. The van der Waals surface area contributed by atoms with Crippen molar-refractivity contribution in [2.24, 2.45) is 0 Å². The van der Waals surface area contributed by atoms with Crippen LogP contribution in [-0.4, -0.2) is 61.6 Å². The molecule has 1 aliphatic heterocycles. The predicted octanol–water partition coefficient (Wildman–Crippen LogP) is 5.79. The maximum atomic E-state index is 15.8. The van der Waals surface area contributed by atoms with Gasteiger partial charge >= 0.3 is 6.09 Å². The number of likely N-dealkylation sites (tertiary alicyclic amines) is 1. The number of nitrogens with one attached hydrogen (secondary N) is 1. The van der Waals surface area contributed by atoms with Crippen LogP contribution in [0.25, 0.3) is 22.2 Å². The Morgan fingerprint density at radius 2 is 2.03 bits per heavy atom. The fourth-order valence-corrected chi connectivity index (χ4v) is 4.36. The van der Waals surface area contributed by atoms with Gasteiger partial charge in [0.15, 0.2) is 0 Å². The Morgan fingerprint density at radius 3 is 2.72 bits per heavy atom. The minimum absolute atomic E-state index is 0.0331. The van der Waals surface area contributed by atoms with Gasteiger partial charge in [-0.2, -0.15) is 5.10 Å². The third-order valence-electron chi connectivity index (χ3n) is 6.21. The number of piperidine rings is 1. The second-order valence-corrected chi connectivity index (χ2v) is 11.6. The van der Waals surface area contributed by atoms with Gasteiger partial charge in [-0.3, -0.25) is 9.67 Å². The van der Waals surface area contributed by atoms with Gasteiger partial charge in [-0.05, 0) is 72.6 Å². The summed E-state index contributed by atoms with van der Waals surface area (Å²) in [5.74, 6) is 0.655. The van der Waals surface area contributed by atoms with E-state index in [0.717, 1.165) is 22.2 Å². The Balaban J connectivity index is 1.49. The normalized spacial score (nSPS) is 18.9. The third kappa shape index (κ3) is 6.12. The van der Waals surface area contributed by atoms with E-state index in [4.69, 9.17) is 9.72 Å². The Labute approximate surface area is 212 Å². The lowest BCUT2D eigenvalue weighted by molar-refractivity contribution is -0.00663. The molecule has 1 unspecified atom stereocenters. The van der Waals surface area contributed by atoms with Crippen molar-refractivity contribution in [3.8, 4) is 11.3 Å². The van der Waals surface area contributed by atoms with E-state index in [1.807, 2.05) is 49.8 Å². The van der Waals surface area contributed by atoms with E-state index < -0.39 is 17.4 Å². The molecule has 1 fully saturated rings. The van der Waals surface area contributed by atoms with Crippen molar-refractivity contribution in [2.75, 3.05) is 25.0 Å². The zero-order valence-electron chi connectivity index (χ0n) is 22.1.